The minimum Gasteiger partial charge on any atom is -0.334 e. The molecule has 1 heterocycles. The zero-order valence-corrected chi connectivity index (χ0v) is 8.46. The number of hydrogen-bond donors (Lipinski definition) is 1. The highest BCUT2D eigenvalue weighted by Crippen LogP contribution is 2.06. The smallest absolute Gasteiger partial charge is 0.331 e. The van der Waals surface area contributed by atoms with Gasteiger partial charge in [-0.1, -0.05) is 6.08 Å². The maximum atomic E-state index is 11.3. The van der Waals surface area contributed by atoms with Crippen molar-refractivity contribution in [3.63, 3.8) is 0 Å². The van der Waals surface area contributed by atoms with Crippen molar-refractivity contribution in [1.82, 2.24) is 9.97 Å². The molecular formula is C8H12N2O3S. The number of unbranched alkanes of at least 4 members (excludes halogenated alkanes) is 1. The van der Waals surface area contributed by atoms with Gasteiger partial charge in [0.2, 0.25) is 0 Å². The molecule has 0 spiro atoms. The standard InChI is InChI=1S/C8H12N2O3S/c1-2-3-4-7-13-14(11,12)8-9-5-6-10-8/h2,5-6H,1,3-4,7H2,(H,9,10). The van der Waals surface area contributed by atoms with Crippen molar-refractivity contribution in [2.75, 3.05) is 6.61 Å². The van der Waals surface area contributed by atoms with Crippen molar-refractivity contribution in [3.8, 4) is 0 Å². The third kappa shape index (κ3) is 2.97. The predicted molar refractivity (Wildman–Crippen MR) is 51.2 cm³/mol. The average molecular weight is 216 g/mol. The molecule has 0 aliphatic heterocycles. The molecule has 1 aromatic heterocycles. The first-order valence-corrected chi connectivity index (χ1v) is 5.57. The molecule has 0 aliphatic carbocycles. The van der Waals surface area contributed by atoms with E-state index in [0.717, 1.165) is 6.42 Å². The third-order valence-corrected chi connectivity index (χ3v) is 2.67. The van der Waals surface area contributed by atoms with Gasteiger partial charge in [-0.2, -0.15) is 8.42 Å². The van der Waals surface area contributed by atoms with Crippen LogP contribution in [0.1, 0.15) is 12.8 Å². The second kappa shape index (κ2) is 4.92. The lowest BCUT2D eigenvalue weighted by molar-refractivity contribution is 0.310. The molecule has 5 nitrogen and oxygen atoms in total. The van der Waals surface area contributed by atoms with Gasteiger partial charge in [-0.15, -0.1) is 6.58 Å². The maximum absolute atomic E-state index is 11.3. The fourth-order valence-electron chi connectivity index (χ4n) is 0.840. The Labute approximate surface area is 82.9 Å². The van der Waals surface area contributed by atoms with Crippen LogP contribution in [0.15, 0.2) is 30.2 Å². The van der Waals surface area contributed by atoms with E-state index in [2.05, 4.69) is 16.5 Å². The molecule has 0 fully saturated rings. The summed E-state index contributed by atoms with van der Waals surface area (Å²) in [6.45, 7) is 3.67. The van der Waals surface area contributed by atoms with Crippen LogP contribution in [-0.4, -0.2) is 25.0 Å². The largest absolute Gasteiger partial charge is 0.334 e. The molecule has 1 aromatic rings. The van der Waals surface area contributed by atoms with Crippen LogP contribution in [0, 0.1) is 0 Å². The van der Waals surface area contributed by atoms with E-state index in [1.807, 2.05) is 0 Å². The molecule has 0 atom stereocenters. The van der Waals surface area contributed by atoms with E-state index in [9.17, 15) is 8.42 Å². The first-order valence-electron chi connectivity index (χ1n) is 4.16. The van der Waals surface area contributed by atoms with E-state index in [0.29, 0.717) is 6.42 Å². The van der Waals surface area contributed by atoms with Crippen LogP contribution in [0.2, 0.25) is 0 Å². The molecule has 0 aliphatic rings. The minimum atomic E-state index is -3.70. The molecule has 0 saturated carbocycles. The van der Waals surface area contributed by atoms with E-state index in [4.69, 9.17) is 4.18 Å². The van der Waals surface area contributed by atoms with Crippen LogP contribution in [0.3, 0.4) is 0 Å². The Hall–Kier alpha value is -1.14. The Morgan fingerprint density at radius 1 is 1.64 bits per heavy atom. The molecule has 0 aromatic carbocycles. The topological polar surface area (TPSA) is 72.1 Å². The number of hydrogen-bond acceptors (Lipinski definition) is 4. The lowest BCUT2D eigenvalue weighted by Crippen LogP contribution is -2.09. The summed E-state index contributed by atoms with van der Waals surface area (Å²) in [6, 6.07) is 0. The van der Waals surface area contributed by atoms with Crippen LogP contribution < -0.4 is 0 Å². The molecule has 6 heteroatoms. The van der Waals surface area contributed by atoms with Gasteiger partial charge in [-0.3, -0.25) is 4.18 Å². The van der Waals surface area contributed by atoms with Gasteiger partial charge in [0.15, 0.2) is 0 Å². The molecule has 0 unspecified atom stereocenters. The van der Waals surface area contributed by atoms with Crippen molar-refractivity contribution in [2.24, 2.45) is 0 Å². The van der Waals surface area contributed by atoms with Gasteiger partial charge in [0.25, 0.3) is 5.16 Å². The van der Waals surface area contributed by atoms with Gasteiger partial charge in [0, 0.05) is 12.4 Å². The lowest BCUT2D eigenvalue weighted by atomic mass is 10.3. The van der Waals surface area contributed by atoms with Gasteiger partial charge in [0.1, 0.15) is 0 Å². The van der Waals surface area contributed by atoms with Crippen molar-refractivity contribution in [3.05, 3.63) is 25.0 Å². The molecule has 0 saturated heterocycles. The Kier molecular flexibility index (Phi) is 3.84. The highest BCUT2D eigenvalue weighted by Gasteiger charge is 2.16. The number of aromatic amines is 1. The van der Waals surface area contributed by atoms with Crippen molar-refractivity contribution >= 4 is 10.1 Å². The van der Waals surface area contributed by atoms with E-state index in [1.54, 1.807) is 6.08 Å². The Balaban J connectivity index is 2.47. The third-order valence-electron chi connectivity index (χ3n) is 1.50. The molecule has 1 N–H and O–H groups in total. The van der Waals surface area contributed by atoms with Gasteiger partial charge >= 0.3 is 10.1 Å². The first kappa shape index (κ1) is 10.9. The number of nitrogens with one attached hydrogen (secondary N) is 1. The number of allylic oxidation sites excluding steroid dienone is 1. The molecule has 0 bridgehead atoms. The summed E-state index contributed by atoms with van der Waals surface area (Å²) in [5, 5.41) is -0.156. The van der Waals surface area contributed by atoms with E-state index < -0.39 is 10.1 Å². The summed E-state index contributed by atoms with van der Waals surface area (Å²) in [7, 11) is -3.70. The molecule has 0 radical (unpaired) electrons. The van der Waals surface area contributed by atoms with E-state index in [1.165, 1.54) is 12.4 Å². The number of H-pyrrole nitrogens is 1. The number of aromatic nitrogens is 2. The van der Waals surface area contributed by atoms with E-state index in [-0.39, 0.29) is 11.8 Å². The fourth-order valence-corrected chi connectivity index (χ4v) is 1.69. The average Bonchev–Trinajstić information content (AvgIpc) is 2.65. The fraction of sp³-hybridized carbons (Fsp3) is 0.375. The second-order valence-electron chi connectivity index (χ2n) is 2.60. The zero-order chi connectivity index (χ0) is 10.4. The highest BCUT2D eigenvalue weighted by atomic mass is 32.2. The van der Waals surface area contributed by atoms with Crippen LogP contribution in [0.25, 0.3) is 0 Å². The monoisotopic (exact) mass is 216 g/mol. The summed E-state index contributed by atoms with van der Waals surface area (Å²) < 4.78 is 27.3. The summed E-state index contributed by atoms with van der Waals surface area (Å²) >= 11 is 0. The molecule has 78 valence electrons. The molecule has 1 rings (SSSR count). The highest BCUT2D eigenvalue weighted by molar-refractivity contribution is 7.86. The zero-order valence-electron chi connectivity index (χ0n) is 7.64. The van der Waals surface area contributed by atoms with Crippen molar-refractivity contribution in [1.29, 1.82) is 0 Å². The second-order valence-corrected chi connectivity index (χ2v) is 4.13. The molecule has 14 heavy (non-hydrogen) atoms. The predicted octanol–water partition coefficient (Wildman–Crippen LogP) is 1.08. The molecule has 0 amide bonds. The lowest BCUT2D eigenvalue weighted by Gasteiger charge is -2.00. The minimum absolute atomic E-state index is 0.148. The Morgan fingerprint density at radius 2 is 2.43 bits per heavy atom. The van der Waals surface area contributed by atoms with Gasteiger partial charge < -0.3 is 4.98 Å². The Morgan fingerprint density at radius 3 is 3.00 bits per heavy atom. The van der Waals surface area contributed by atoms with Crippen LogP contribution in [0.5, 0.6) is 0 Å². The summed E-state index contributed by atoms with van der Waals surface area (Å²) in [4.78, 5) is 6.07. The quantitative estimate of drug-likeness (QED) is 0.439. The first-order chi connectivity index (χ1) is 6.67. The SMILES string of the molecule is C=CCCCOS(=O)(=O)c1ncc[nH]1. The summed E-state index contributed by atoms with van der Waals surface area (Å²) in [5.74, 6) is 0. The number of rotatable bonds is 6. The molecular weight excluding hydrogens is 204 g/mol. The summed E-state index contributed by atoms with van der Waals surface area (Å²) in [6.07, 6.45) is 5.86. The van der Waals surface area contributed by atoms with Crippen LogP contribution in [-0.2, 0) is 14.3 Å². The van der Waals surface area contributed by atoms with Gasteiger partial charge in [-0.05, 0) is 12.8 Å². The number of imidazole rings is 1. The van der Waals surface area contributed by atoms with Crippen molar-refractivity contribution in [2.45, 2.75) is 18.0 Å². The summed E-state index contributed by atoms with van der Waals surface area (Å²) in [5.41, 5.74) is 0. The maximum Gasteiger partial charge on any atom is 0.331 e. The van der Waals surface area contributed by atoms with E-state index >= 15 is 0 Å². The van der Waals surface area contributed by atoms with Crippen LogP contribution >= 0.6 is 0 Å². The van der Waals surface area contributed by atoms with Gasteiger partial charge in [0.05, 0.1) is 6.61 Å². The van der Waals surface area contributed by atoms with Gasteiger partial charge in [-0.25, -0.2) is 4.98 Å². The van der Waals surface area contributed by atoms with Crippen molar-refractivity contribution < 1.29 is 12.6 Å². The number of nitrogens with zero attached hydrogens (tertiary/aromatic N) is 1. The Bertz CT molecular complexity index is 369. The van der Waals surface area contributed by atoms with Crippen LogP contribution in [0.4, 0.5) is 0 Å². The normalized spacial score (nSPS) is 11.4.